The second-order valence-corrected chi connectivity index (χ2v) is 5.10. The van der Waals surface area contributed by atoms with Crippen LogP contribution in [0, 0.1) is 0 Å². The summed E-state index contributed by atoms with van der Waals surface area (Å²) in [6, 6.07) is 0. The second-order valence-electron chi connectivity index (χ2n) is 5.10. The molecule has 100 valence electrons. The molecule has 1 heterocycles. The smallest absolute Gasteiger partial charge is 0.160 e. The van der Waals surface area contributed by atoms with Crippen molar-refractivity contribution in [3.63, 3.8) is 0 Å². The predicted molar refractivity (Wildman–Crippen MR) is 68.9 cm³/mol. The Balaban J connectivity index is 2.19. The highest BCUT2D eigenvalue weighted by atomic mass is 16.5. The van der Waals surface area contributed by atoms with Gasteiger partial charge in [0.1, 0.15) is 5.78 Å². The molecule has 0 saturated heterocycles. The van der Waals surface area contributed by atoms with Gasteiger partial charge in [-0.05, 0) is 20.5 Å². The first-order valence-corrected chi connectivity index (χ1v) is 6.38. The Morgan fingerprint density at radius 1 is 1.56 bits per heavy atom. The lowest BCUT2D eigenvalue weighted by molar-refractivity contribution is -0.117. The number of ketones is 1. The molecule has 2 rings (SSSR count). The monoisotopic (exact) mass is 251 g/mol. The van der Waals surface area contributed by atoms with E-state index >= 15 is 0 Å². The highest BCUT2D eigenvalue weighted by Gasteiger charge is 2.29. The quantitative estimate of drug-likeness (QED) is 0.791. The standard InChI is InChI=1S/C13H21N3O2/c1-15(2)6-7-16-13(12(18-3)9-14-16)10-4-5-11(17)8-10/h9-10H,4-8H2,1-3H3. The summed E-state index contributed by atoms with van der Waals surface area (Å²) in [6.45, 7) is 1.76. The van der Waals surface area contributed by atoms with E-state index in [2.05, 4.69) is 10.00 Å². The molecule has 1 aromatic heterocycles. The lowest BCUT2D eigenvalue weighted by Crippen LogP contribution is -2.21. The molecule has 0 bridgehead atoms. The summed E-state index contributed by atoms with van der Waals surface area (Å²) in [5.41, 5.74) is 1.09. The average Bonchev–Trinajstić information content (AvgIpc) is 2.91. The molecular weight excluding hydrogens is 230 g/mol. The molecule has 0 aliphatic heterocycles. The van der Waals surface area contributed by atoms with E-state index in [1.165, 1.54) is 0 Å². The first-order valence-electron chi connectivity index (χ1n) is 6.38. The van der Waals surface area contributed by atoms with E-state index in [4.69, 9.17) is 4.74 Å². The van der Waals surface area contributed by atoms with Gasteiger partial charge in [-0.2, -0.15) is 5.10 Å². The van der Waals surface area contributed by atoms with E-state index in [1.54, 1.807) is 13.3 Å². The van der Waals surface area contributed by atoms with Crippen LogP contribution in [0.2, 0.25) is 0 Å². The summed E-state index contributed by atoms with van der Waals surface area (Å²) in [6.07, 6.45) is 3.99. The first-order chi connectivity index (χ1) is 8.61. The maximum Gasteiger partial charge on any atom is 0.160 e. The Bertz CT molecular complexity index is 426. The molecule has 0 amide bonds. The molecule has 0 N–H and O–H groups in total. The molecule has 1 aliphatic carbocycles. The molecule has 1 atom stereocenters. The number of hydrogen-bond donors (Lipinski definition) is 0. The minimum Gasteiger partial charge on any atom is -0.493 e. The Labute approximate surface area is 108 Å². The summed E-state index contributed by atoms with van der Waals surface area (Å²) in [7, 11) is 5.74. The van der Waals surface area contributed by atoms with Gasteiger partial charge in [-0.1, -0.05) is 0 Å². The summed E-state index contributed by atoms with van der Waals surface area (Å²) in [5, 5.41) is 4.38. The van der Waals surface area contributed by atoms with Crippen molar-refractivity contribution in [2.24, 2.45) is 0 Å². The zero-order valence-corrected chi connectivity index (χ0v) is 11.3. The normalized spacial score (nSPS) is 19.8. The minimum absolute atomic E-state index is 0.275. The van der Waals surface area contributed by atoms with Gasteiger partial charge in [0.05, 0.1) is 25.5 Å². The van der Waals surface area contributed by atoms with Crippen molar-refractivity contribution in [2.45, 2.75) is 31.7 Å². The minimum atomic E-state index is 0.275. The molecule has 0 spiro atoms. The van der Waals surface area contributed by atoms with Gasteiger partial charge in [0.25, 0.3) is 0 Å². The zero-order chi connectivity index (χ0) is 13.1. The van der Waals surface area contributed by atoms with Crippen LogP contribution in [-0.2, 0) is 11.3 Å². The van der Waals surface area contributed by atoms with Crippen LogP contribution in [0.3, 0.4) is 0 Å². The lowest BCUT2D eigenvalue weighted by atomic mass is 10.0. The van der Waals surface area contributed by atoms with Crippen molar-refractivity contribution in [3.8, 4) is 5.75 Å². The number of aromatic nitrogens is 2. The maximum absolute atomic E-state index is 11.4. The molecule has 1 aliphatic rings. The summed E-state index contributed by atoms with van der Waals surface area (Å²) >= 11 is 0. The number of rotatable bonds is 5. The molecule has 5 heteroatoms. The van der Waals surface area contributed by atoms with Crippen LogP contribution in [0.1, 0.15) is 30.9 Å². The van der Waals surface area contributed by atoms with E-state index in [0.717, 1.165) is 31.0 Å². The first kappa shape index (κ1) is 13.1. The maximum atomic E-state index is 11.4. The molecule has 18 heavy (non-hydrogen) atoms. The van der Waals surface area contributed by atoms with E-state index in [1.807, 2.05) is 18.8 Å². The van der Waals surface area contributed by atoms with Crippen molar-refractivity contribution in [1.29, 1.82) is 0 Å². The number of Topliss-reactive ketones (excluding diaryl/α,β-unsaturated/α-hetero) is 1. The van der Waals surface area contributed by atoms with Crippen LogP contribution < -0.4 is 4.74 Å². The number of hydrogen-bond acceptors (Lipinski definition) is 4. The van der Waals surface area contributed by atoms with Gasteiger partial charge in [0.2, 0.25) is 0 Å². The second kappa shape index (κ2) is 5.52. The molecular formula is C13H21N3O2. The highest BCUT2D eigenvalue weighted by molar-refractivity contribution is 5.81. The fraction of sp³-hybridized carbons (Fsp3) is 0.692. The number of likely N-dealkylation sites (N-methyl/N-ethyl adjacent to an activating group) is 1. The van der Waals surface area contributed by atoms with Crippen molar-refractivity contribution >= 4 is 5.78 Å². The fourth-order valence-corrected chi connectivity index (χ4v) is 2.47. The fourth-order valence-electron chi connectivity index (χ4n) is 2.47. The topological polar surface area (TPSA) is 47.4 Å². The van der Waals surface area contributed by atoms with Gasteiger partial charge in [-0.3, -0.25) is 9.48 Å². The van der Waals surface area contributed by atoms with Crippen LogP contribution in [0.4, 0.5) is 0 Å². The third-order valence-electron chi connectivity index (χ3n) is 3.46. The van der Waals surface area contributed by atoms with E-state index in [9.17, 15) is 4.79 Å². The van der Waals surface area contributed by atoms with Gasteiger partial charge < -0.3 is 9.64 Å². The Kier molecular flexibility index (Phi) is 4.01. The molecule has 0 aromatic carbocycles. The van der Waals surface area contributed by atoms with Crippen molar-refractivity contribution in [2.75, 3.05) is 27.7 Å². The largest absolute Gasteiger partial charge is 0.493 e. The van der Waals surface area contributed by atoms with E-state index in [0.29, 0.717) is 18.6 Å². The molecule has 1 aromatic rings. The van der Waals surface area contributed by atoms with Crippen LogP contribution in [-0.4, -0.2) is 48.2 Å². The summed E-state index contributed by atoms with van der Waals surface area (Å²) in [5.74, 6) is 1.44. The summed E-state index contributed by atoms with van der Waals surface area (Å²) < 4.78 is 7.36. The number of nitrogens with zero attached hydrogens (tertiary/aromatic N) is 3. The average molecular weight is 251 g/mol. The van der Waals surface area contributed by atoms with Crippen molar-refractivity contribution in [3.05, 3.63) is 11.9 Å². The number of carbonyl (C=O) groups excluding carboxylic acids is 1. The van der Waals surface area contributed by atoms with Crippen LogP contribution >= 0.6 is 0 Å². The van der Waals surface area contributed by atoms with Crippen LogP contribution in [0.15, 0.2) is 6.20 Å². The third kappa shape index (κ3) is 2.72. The van der Waals surface area contributed by atoms with Crippen molar-refractivity contribution in [1.82, 2.24) is 14.7 Å². The molecule has 1 unspecified atom stereocenters. The SMILES string of the molecule is COc1cnn(CCN(C)C)c1C1CCC(=O)C1. The van der Waals surface area contributed by atoms with Crippen LogP contribution in [0.5, 0.6) is 5.75 Å². The Hall–Kier alpha value is -1.36. The number of carbonyl (C=O) groups is 1. The van der Waals surface area contributed by atoms with Gasteiger partial charge in [-0.15, -0.1) is 0 Å². The Morgan fingerprint density at radius 2 is 2.33 bits per heavy atom. The van der Waals surface area contributed by atoms with E-state index in [-0.39, 0.29) is 5.92 Å². The van der Waals surface area contributed by atoms with Gasteiger partial charge in [0, 0.05) is 25.3 Å². The highest BCUT2D eigenvalue weighted by Crippen LogP contribution is 2.37. The van der Waals surface area contributed by atoms with Gasteiger partial charge >= 0.3 is 0 Å². The Morgan fingerprint density at radius 3 is 2.89 bits per heavy atom. The molecule has 5 nitrogen and oxygen atoms in total. The lowest BCUT2D eigenvalue weighted by Gasteiger charge is -2.16. The van der Waals surface area contributed by atoms with E-state index < -0.39 is 0 Å². The number of ether oxygens (including phenoxy) is 1. The van der Waals surface area contributed by atoms with Gasteiger partial charge in [-0.25, -0.2) is 0 Å². The van der Waals surface area contributed by atoms with Crippen LogP contribution in [0.25, 0.3) is 0 Å². The summed E-state index contributed by atoms with van der Waals surface area (Å²) in [4.78, 5) is 13.6. The zero-order valence-electron chi connectivity index (χ0n) is 11.3. The predicted octanol–water partition coefficient (Wildman–Crippen LogP) is 1.29. The molecule has 1 fully saturated rings. The van der Waals surface area contributed by atoms with Crippen molar-refractivity contribution < 1.29 is 9.53 Å². The molecule has 1 saturated carbocycles. The number of methoxy groups -OCH3 is 1. The molecule has 0 radical (unpaired) electrons. The van der Waals surface area contributed by atoms with Gasteiger partial charge in [0.15, 0.2) is 5.75 Å². The third-order valence-corrected chi connectivity index (χ3v) is 3.46.